The molecule has 0 radical (unpaired) electrons. The third-order valence-electron chi connectivity index (χ3n) is 13.1. The standard InChI is InChI=1S/C66H44N4/c1-3-14-47(4-2)53-37-54(48-15-8-5-9-16-48)40-59(39-53)69(57-29-21-45(43-67)22-30-57)63-35-27-51-26-34-62-64(36-28-52-25-33-61(63)65(51)66(52)62)70(58-31-23-46(44-68)24-32-58)60-41-55(49-17-10-6-11-18-49)38-56(42-60)50-19-12-7-13-20-50/h3-42H,1-2H2/b47-14+. The van der Waals surface area contributed by atoms with Gasteiger partial charge in [0.2, 0.25) is 0 Å². The van der Waals surface area contributed by atoms with Gasteiger partial charge in [0, 0.05) is 33.5 Å². The Hall–Kier alpha value is -9.74. The van der Waals surface area contributed by atoms with Crippen LogP contribution >= 0.6 is 0 Å². The smallest absolute Gasteiger partial charge is 0.0991 e. The molecule has 328 valence electrons. The number of hydrogen-bond donors (Lipinski definition) is 0. The molecular formula is C66H44N4. The van der Waals surface area contributed by atoms with Crippen molar-refractivity contribution in [1.82, 2.24) is 0 Å². The first-order valence-electron chi connectivity index (χ1n) is 23.2. The Bertz CT molecular complexity index is 3800. The van der Waals surface area contributed by atoms with Crippen molar-refractivity contribution in [3.05, 3.63) is 273 Å². The van der Waals surface area contributed by atoms with Crippen molar-refractivity contribution in [1.29, 1.82) is 10.5 Å². The maximum absolute atomic E-state index is 9.90. The minimum Gasteiger partial charge on any atom is -0.310 e. The molecule has 11 rings (SSSR count). The molecule has 0 fully saturated rings. The zero-order chi connectivity index (χ0) is 47.6. The van der Waals surface area contributed by atoms with Crippen molar-refractivity contribution < 1.29 is 0 Å². The van der Waals surface area contributed by atoms with Crippen molar-refractivity contribution in [2.75, 3.05) is 9.80 Å². The molecular weight excluding hydrogens is 849 g/mol. The van der Waals surface area contributed by atoms with Crippen LogP contribution in [0.5, 0.6) is 0 Å². The van der Waals surface area contributed by atoms with Crippen LogP contribution in [0.1, 0.15) is 16.7 Å². The third kappa shape index (κ3) is 7.92. The van der Waals surface area contributed by atoms with Crippen LogP contribution < -0.4 is 9.80 Å². The summed E-state index contributed by atoms with van der Waals surface area (Å²) >= 11 is 0. The highest BCUT2D eigenvalue weighted by atomic mass is 15.1. The van der Waals surface area contributed by atoms with E-state index >= 15 is 0 Å². The molecule has 0 unspecified atom stereocenters. The second kappa shape index (κ2) is 18.5. The Morgan fingerprint density at radius 3 is 1.19 bits per heavy atom. The summed E-state index contributed by atoms with van der Waals surface area (Å²) in [5, 5.41) is 26.5. The van der Waals surface area contributed by atoms with E-state index in [2.05, 4.69) is 193 Å². The molecule has 11 aromatic carbocycles. The fraction of sp³-hybridized carbons (Fsp3) is 0. The minimum absolute atomic E-state index is 0.588. The summed E-state index contributed by atoms with van der Waals surface area (Å²) < 4.78 is 0. The maximum atomic E-state index is 9.90. The Morgan fingerprint density at radius 2 is 0.786 bits per heavy atom. The summed E-state index contributed by atoms with van der Waals surface area (Å²) in [6.45, 7) is 8.19. The fourth-order valence-electron chi connectivity index (χ4n) is 9.83. The van der Waals surface area contributed by atoms with Crippen LogP contribution in [-0.2, 0) is 0 Å². The van der Waals surface area contributed by atoms with E-state index in [1.807, 2.05) is 78.9 Å². The summed E-state index contributed by atoms with van der Waals surface area (Å²) in [7, 11) is 0. The number of nitriles is 2. The zero-order valence-corrected chi connectivity index (χ0v) is 38.3. The lowest BCUT2D eigenvalue weighted by Gasteiger charge is -2.30. The molecule has 0 aliphatic heterocycles. The van der Waals surface area contributed by atoms with Gasteiger partial charge in [-0.15, -0.1) is 0 Å². The molecule has 0 saturated heterocycles. The van der Waals surface area contributed by atoms with Gasteiger partial charge in [0.25, 0.3) is 0 Å². The first kappa shape index (κ1) is 42.9. The third-order valence-corrected chi connectivity index (χ3v) is 13.1. The summed E-state index contributed by atoms with van der Waals surface area (Å²) in [5.41, 5.74) is 15.5. The van der Waals surface area contributed by atoms with E-state index in [1.165, 1.54) is 0 Å². The van der Waals surface area contributed by atoms with Gasteiger partial charge in [-0.2, -0.15) is 10.5 Å². The molecule has 0 aromatic heterocycles. The number of anilines is 6. The molecule has 0 atom stereocenters. The van der Waals surface area contributed by atoms with Crippen LogP contribution in [0.3, 0.4) is 0 Å². The molecule has 0 bridgehead atoms. The van der Waals surface area contributed by atoms with Gasteiger partial charge in [0.1, 0.15) is 0 Å². The van der Waals surface area contributed by atoms with Crippen LogP contribution in [0.15, 0.2) is 256 Å². The molecule has 0 aliphatic carbocycles. The Kier molecular flexibility index (Phi) is 11.3. The second-order valence-corrected chi connectivity index (χ2v) is 17.3. The van der Waals surface area contributed by atoms with Crippen LogP contribution in [0, 0.1) is 22.7 Å². The number of hydrogen-bond acceptors (Lipinski definition) is 4. The van der Waals surface area contributed by atoms with E-state index < -0.39 is 0 Å². The predicted molar refractivity (Wildman–Crippen MR) is 294 cm³/mol. The van der Waals surface area contributed by atoms with E-state index in [9.17, 15) is 10.5 Å². The van der Waals surface area contributed by atoms with Gasteiger partial charge in [-0.25, -0.2) is 0 Å². The molecule has 0 amide bonds. The molecule has 0 N–H and O–H groups in total. The molecule has 11 aromatic rings. The topological polar surface area (TPSA) is 54.1 Å². The first-order valence-corrected chi connectivity index (χ1v) is 23.2. The number of nitrogens with zero attached hydrogens (tertiary/aromatic N) is 4. The molecule has 0 heterocycles. The highest BCUT2D eigenvalue weighted by Gasteiger charge is 2.24. The van der Waals surface area contributed by atoms with E-state index in [-0.39, 0.29) is 0 Å². The van der Waals surface area contributed by atoms with Gasteiger partial charge in [-0.05, 0) is 163 Å². The van der Waals surface area contributed by atoms with Crippen molar-refractivity contribution in [3.8, 4) is 45.5 Å². The van der Waals surface area contributed by atoms with Crippen molar-refractivity contribution >= 4 is 72.0 Å². The average Bonchev–Trinajstić information content (AvgIpc) is 3.43. The highest BCUT2D eigenvalue weighted by molar-refractivity contribution is 6.28. The van der Waals surface area contributed by atoms with Gasteiger partial charge in [-0.3, -0.25) is 0 Å². The minimum atomic E-state index is 0.588. The predicted octanol–water partition coefficient (Wildman–Crippen LogP) is 18.0. The summed E-state index contributed by atoms with van der Waals surface area (Å²) in [6, 6.07) is 83.1. The Labute approximate surface area is 408 Å². The highest BCUT2D eigenvalue weighted by Crippen LogP contribution is 2.49. The molecule has 4 heteroatoms. The van der Waals surface area contributed by atoms with E-state index in [1.54, 1.807) is 6.08 Å². The van der Waals surface area contributed by atoms with E-state index in [4.69, 9.17) is 0 Å². The number of benzene rings is 11. The molecule has 0 aliphatic rings. The van der Waals surface area contributed by atoms with Gasteiger partial charge in [0.15, 0.2) is 0 Å². The largest absolute Gasteiger partial charge is 0.310 e. The van der Waals surface area contributed by atoms with Crippen LogP contribution in [0.4, 0.5) is 34.1 Å². The van der Waals surface area contributed by atoms with Gasteiger partial charge < -0.3 is 9.80 Å². The van der Waals surface area contributed by atoms with Gasteiger partial charge in [0.05, 0.1) is 34.6 Å². The molecule has 0 saturated carbocycles. The van der Waals surface area contributed by atoms with Gasteiger partial charge >= 0.3 is 0 Å². The van der Waals surface area contributed by atoms with E-state index in [0.29, 0.717) is 11.1 Å². The van der Waals surface area contributed by atoms with Gasteiger partial charge in [-0.1, -0.05) is 159 Å². The Morgan fingerprint density at radius 1 is 0.386 bits per heavy atom. The van der Waals surface area contributed by atoms with Crippen LogP contribution in [0.25, 0.3) is 71.3 Å². The summed E-state index contributed by atoms with van der Waals surface area (Å²) in [4.78, 5) is 4.64. The maximum Gasteiger partial charge on any atom is 0.0991 e. The van der Waals surface area contributed by atoms with E-state index in [0.717, 1.165) is 111 Å². The number of allylic oxidation sites excluding steroid dienone is 4. The van der Waals surface area contributed by atoms with Crippen molar-refractivity contribution in [2.45, 2.75) is 0 Å². The lowest BCUT2D eigenvalue weighted by molar-refractivity contribution is 1.29. The molecule has 0 spiro atoms. The molecule has 4 nitrogen and oxygen atoms in total. The number of rotatable bonds is 12. The van der Waals surface area contributed by atoms with Crippen molar-refractivity contribution in [2.24, 2.45) is 0 Å². The lowest BCUT2D eigenvalue weighted by atomic mass is 9.91. The monoisotopic (exact) mass is 892 g/mol. The molecule has 70 heavy (non-hydrogen) atoms. The fourth-order valence-corrected chi connectivity index (χ4v) is 9.83. The zero-order valence-electron chi connectivity index (χ0n) is 38.3. The lowest BCUT2D eigenvalue weighted by Crippen LogP contribution is -2.12. The van der Waals surface area contributed by atoms with Crippen LogP contribution in [0.2, 0.25) is 0 Å². The van der Waals surface area contributed by atoms with Crippen molar-refractivity contribution in [3.63, 3.8) is 0 Å². The SMILES string of the molecule is C=C/C=C(\C=C)c1cc(-c2ccccc2)cc(N(c2ccc(C#N)cc2)c2ccc3ccc4c(N(c5ccc(C#N)cc5)c5cc(-c6ccccc6)cc(-c6ccccc6)c5)ccc5ccc2c3c54)c1. The summed E-state index contributed by atoms with van der Waals surface area (Å²) in [5.74, 6) is 0. The summed E-state index contributed by atoms with van der Waals surface area (Å²) in [6.07, 6.45) is 5.66. The quantitative estimate of drug-likeness (QED) is 0.0906. The first-order chi connectivity index (χ1) is 34.5. The Balaban J connectivity index is 1.17. The normalized spacial score (nSPS) is 11.3. The average molecular weight is 893 g/mol. The van der Waals surface area contributed by atoms with Crippen LogP contribution in [-0.4, -0.2) is 0 Å². The second-order valence-electron chi connectivity index (χ2n) is 17.3.